The molecule has 1 N–H and O–H groups in total. The topological polar surface area (TPSA) is 101 Å². The van der Waals surface area contributed by atoms with Crippen LogP contribution in [0.3, 0.4) is 0 Å². The molecule has 1 atom stereocenters. The molecule has 1 unspecified atom stereocenters. The summed E-state index contributed by atoms with van der Waals surface area (Å²) < 4.78 is 93.6. The van der Waals surface area contributed by atoms with Crippen LogP contribution in [0.15, 0.2) is 52.3 Å². The molecule has 0 amide bonds. The van der Waals surface area contributed by atoms with Gasteiger partial charge in [0.2, 0.25) is 0 Å². The molecule has 35 heavy (non-hydrogen) atoms. The zero-order chi connectivity index (χ0) is 25.8. The largest absolute Gasteiger partial charge is 0.410 e. The highest BCUT2D eigenvalue weighted by Gasteiger charge is 2.46. The Bertz CT molecular complexity index is 1470. The molecule has 1 fully saturated rings. The summed E-state index contributed by atoms with van der Waals surface area (Å²) in [5.41, 5.74) is 0.00540. The number of aromatic nitrogens is 2. The zero-order valence-electron chi connectivity index (χ0n) is 18.6. The highest BCUT2D eigenvalue weighted by Crippen LogP contribution is 2.38. The van der Waals surface area contributed by atoms with Crippen molar-refractivity contribution in [3.05, 3.63) is 47.5 Å². The second-order valence-electron chi connectivity index (χ2n) is 8.33. The molecule has 0 radical (unpaired) electrons. The van der Waals surface area contributed by atoms with Crippen LogP contribution in [0, 0.1) is 0 Å². The van der Waals surface area contributed by atoms with Gasteiger partial charge in [-0.25, -0.2) is 8.42 Å². The summed E-state index contributed by atoms with van der Waals surface area (Å²) in [6.45, 7) is 2.80. The van der Waals surface area contributed by atoms with Crippen LogP contribution in [0.1, 0.15) is 13.8 Å². The minimum Gasteiger partial charge on any atom is -0.340 e. The average Bonchev–Trinajstić information content (AvgIpc) is 3.20. The molecule has 2 aromatic carbocycles. The van der Waals surface area contributed by atoms with Crippen LogP contribution in [0.4, 0.5) is 19.0 Å². The third kappa shape index (κ3) is 4.50. The van der Waals surface area contributed by atoms with Gasteiger partial charge in [-0.05, 0) is 50.2 Å². The van der Waals surface area contributed by atoms with E-state index in [-0.39, 0.29) is 51.2 Å². The predicted octanol–water partition coefficient (Wildman–Crippen LogP) is 3.45. The summed E-state index contributed by atoms with van der Waals surface area (Å²) in [5.74, 6) is -0.197. The normalized spacial score (nSPS) is 17.9. The second kappa shape index (κ2) is 8.95. The van der Waals surface area contributed by atoms with E-state index in [0.717, 1.165) is 17.0 Å². The number of sulfone groups is 1. The van der Waals surface area contributed by atoms with Gasteiger partial charge in [0.15, 0.2) is 15.7 Å². The maximum Gasteiger partial charge on any atom is 0.410 e. The third-order valence-corrected chi connectivity index (χ3v) is 9.89. The zero-order valence-corrected chi connectivity index (χ0v) is 21.0. The van der Waals surface area contributed by atoms with Crippen molar-refractivity contribution in [2.75, 3.05) is 24.5 Å². The minimum atomic E-state index is -4.60. The van der Waals surface area contributed by atoms with Gasteiger partial charge >= 0.3 is 6.18 Å². The summed E-state index contributed by atoms with van der Waals surface area (Å²) in [5, 5.41) is 6.23. The lowest BCUT2D eigenvalue weighted by atomic mass is 10.1. The van der Waals surface area contributed by atoms with Crippen molar-refractivity contribution in [1.82, 2.24) is 14.5 Å². The number of hydrogen-bond acceptors (Lipinski definition) is 7. The molecule has 4 rings (SSSR count). The maximum atomic E-state index is 13.8. The number of rotatable bonds is 5. The fourth-order valence-electron chi connectivity index (χ4n) is 3.89. The summed E-state index contributed by atoms with van der Waals surface area (Å²) in [4.78, 5) is 0.688. The lowest BCUT2D eigenvalue weighted by Crippen LogP contribution is -2.58. The second-order valence-corrected chi connectivity index (χ2v) is 13.0. The van der Waals surface area contributed by atoms with Gasteiger partial charge in [0, 0.05) is 19.6 Å². The summed E-state index contributed by atoms with van der Waals surface area (Å²) in [7, 11) is -8.04. The van der Waals surface area contributed by atoms with E-state index >= 15 is 0 Å². The lowest BCUT2D eigenvalue weighted by molar-refractivity contribution is -0.149. The summed E-state index contributed by atoms with van der Waals surface area (Å²) in [6.07, 6.45) is -4.60. The van der Waals surface area contributed by atoms with Gasteiger partial charge in [0.05, 0.1) is 31.0 Å². The van der Waals surface area contributed by atoms with Crippen molar-refractivity contribution in [3.8, 4) is 0 Å². The molecule has 1 aliphatic rings. The Morgan fingerprint density at radius 2 is 1.69 bits per heavy atom. The molecule has 0 saturated carbocycles. The van der Waals surface area contributed by atoms with Crippen molar-refractivity contribution in [3.63, 3.8) is 0 Å². The van der Waals surface area contributed by atoms with E-state index in [2.05, 4.69) is 10.4 Å². The van der Waals surface area contributed by atoms with Crippen LogP contribution >= 0.6 is 11.6 Å². The van der Waals surface area contributed by atoms with E-state index in [9.17, 15) is 30.0 Å². The molecular formula is C21H22ClF3N4O4S2. The maximum absolute atomic E-state index is 13.8. The molecule has 1 aliphatic heterocycles. The molecule has 1 aromatic heterocycles. The van der Waals surface area contributed by atoms with Gasteiger partial charge in [0.25, 0.3) is 10.0 Å². The molecule has 2 heterocycles. The first kappa shape index (κ1) is 25.7. The SMILES string of the molecule is CC(C)S(=O)(=O)c1ccc(S(=O)(=O)n2nc(N3CCNCC3C(F)(F)F)c3c(Cl)cccc32)cc1. The number of nitrogens with zero attached hydrogens (tertiary/aromatic N) is 3. The van der Waals surface area contributed by atoms with Crippen molar-refractivity contribution in [1.29, 1.82) is 0 Å². The number of halogens is 4. The molecule has 0 bridgehead atoms. The fourth-order valence-corrected chi connectivity index (χ4v) is 6.48. The molecule has 8 nitrogen and oxygen atoms in total. The quantitative estimate of drug-likeness (QED) is 0.519. The number of anilines is 1. The molecule has 14 heteroatoms. The molecule has 1 saturated heterocycles. The number of benzene rings is 2. The van der Waals surface area contributed by atoms with Crippen LogP contribution in [-0.4, -0.2) is 63.1 Å². The van der Waals surface area contributed by atoms with Gasteiger partial charge < -0.3 is 10.2 Å². The van der Waals surface area contributed by atoms with E-state index in [1.165, 1.54) is 44.2 Å². The van der Waals surface area contributed by atoms with Gasteiger partial charge in [-0.15, -0.1) is 5.10 Å². The summed E-state index contributed by atoms with van der Waals surface area (Å²) >= 11 is 6.32. The van der Waals surface area contributed by atoms with Gasteiger partial charge in [-0.3, -0.25) is 0 Å². The first-order valence-electron chi connectivity index (χ1n) is 10.6. The van der Waals surface area contributed by atoms with Crippen molar-refractivity contribution in [2.45, 2.75) is 41.1 Å². The van der Waals surface area contributed by atoms with Gasteiger partial charge in [0.1, 0.15) is 6.04 Å². The van der Waals surface area contributed by atoms with Crippen LogP contribution < -0.4 is 10.2 Å². The monoisotopic (exact) mass is 550 g/mol. The van der Waals surface area contributed by atoms with E-state index in [1.807, 2.05) is 0 Å². The van der Waals surface area contributed by atoms with Crippen LogP contribution in [-0.2, 0) is 19.9 Å². The Kier molecular flexibility index (Phi) is 6.58. The van der Waals surface area contributed by atoms with Crippen LogP contribution in [0.5, 0.6) is 0 Å². The predicted molar refractivity (Wildman–Crippen MR) is 126 cm³/mol. The first-order valence-corrected chi connectivity index (χ1v) is 13.9. The molecule has 0 spiro atoms. The van der Waals surface area contributed by atoms with Crippen molar-refractivity contribution < 1.29 is 30.0 Å². The Labute approximate surface area is 205 Å². The standard InChI is InChI=1S/C21H22ClF3N4O4S2/c1-13(2)34(30,31)14-6-8-15(9-7-14)35(32,33)29-17-5-3-4-16(22)19(17)20(27-29)28-11-10-26-12-18(28)21(23,24)25/h3-9,13,18,26H,10-12H2,1-2H3. The van der Waals surface area contributed by atoms with Crippen molar-refractivity contribution in [2.24, 2.45) is 0 Å². The number of alkyl halides is 3. The van der Waals surface area contributed by atoms with Gasteiger partial charge in [-0.1, -0.05) is 17.7 Å². The highest BCUT2D eigenvalue weighted by molar-refractivity contribution is 7.92. The number of piperazine rings is 1. The number of nitrogens with one attached hydrogen (secondary N) is 1. The minimum absolute atomic E-state index is 0.00540. The smallest absolute Gasteiger partial charge is 0.340 e. The third-order valence-electron chi connectivity index (χ3n) is 5.80. The molecule has 190 valence electrons. The fraction of sp³-hybridized carbons (Fsp3) is 0.381. The van der Waals surface area contributed by atoms with Crippen LogP contribution in [0.2, 0.25) is 5.02 Å². The first-order chi connectivity index (χ1) is 16.3. The van der Waals surface area contributed by atoms with Gasteiger partial charge in [-0.2, -0.15) is 25.7 Å². The Morgan fingerprint density at radius 3 is 2.29 bits per heavy atom. The average molecular weight is 551 g/mol. The Hall–Kier alpha value is -2.35. The lowest BCUT2D eigenvalue weighted by Gasteiger charge is -2.37. The van der Waals surface area contributed by atoms with E-state index in [1.54, 1.807) is 0 Å². The number of hydrogen-bond donors (Lipinski definition) is 1. The molecular weight excluding hydrogens is 529 g/mol. The van der Waals surface area contributed by atoms with Crippen molar-refractivity contribution >= 4 is 48.2 Å². The highest BCUT2D eigenvalue weighted by atomic mass is 35.5. The Balaban J connectivity index is 1.87. The molecule has 0 aliphatic carbocycles. The Morgan fingerprint density at radius 1 is 1.06 bits per heavy atom. The number of fused-ring (bicyclic) bond motifs is 1. The van der Waals surface area contributed by atoms with E-state index < -0.39 is 37.3 Å². The summed E-state index contributed by atoms with van der Waals surface area (Å²) in [6, 6.07) is 7.01. The molecule has 3 aromatic rings. The van der Waals surface area contributed by atoms with E-state index in [0.29, 0.717) is 4.09 Å². The van der Waals surface area contributed by atoms with E-state index in [4.69, 9.17) is 11.6 Å². The van der Waals surface area contributed by atoms with Crippen LogP contribution in [0.25, 0.3) is 10.9 Å².